The molecular weight excluding hydrogens is 210 g/mol. The van der Waals surface area contributed by atoms with Crippen LogP contribution in [0.15, 0.2) is 18.6 Å². The number of nitrogens with two attached hydrogens (primary N) is 1. The van der Waals surface area contributed by atoms with Crippen LogP contribution < -0.4 is 16.4 Å². The zero-order valence-electron chi connectivity index (χ0n) is 8.64. The fourth-order valence-electron chi connectivity index (χ4n) is 0.940. The Bertz CT molecular complexity index is 354. The molecule has 7 heteroatoms. The number of nitrogens with one attached hydrogen (secondary N) is 2. The summed E-state index contributed by atoms with van der Waals surface area (Å²) in [5, 5.41) is 4.79. The molecule has 7 nitrogen and oxygen atoms in total. The third kappa shape index (κ3) is 4.01. The fraction of sp³-hybridized carbons (Fsp3) is 0.333. The molecule has 86 valence electrons. The van der Waals surface area contributed by atoms with Crippen LogP contribution in [0.1, 0.15) is 5.69 Å². The van der Waals surface area contributed by atoms with Crippen LogP contribution in [0.3, 0.4) is 0 Å². The average Bonchev–Trinajstić information content (AvgIpc) is 2.34. The number of hydrogen-bond donors (Lipinski definition) is 3. The monoisotopic (exact) mass is 223 g/mol. The first kappa shape index (κ1) is 12.1. The molecule has 0 fully saturated rings. The molecule has 1 rings (SSSR count). The van der Waals surface area contributed by atoms with E-state index in [2.05, 4.69) is 20.6 Å². The van der Waals surface area contributed by atoms with Crippen LogP contribution in [0.4, 0.5) is 0 Å². The van der Waals surface area contributed by atoms with Crippen LogP contribution in [0.5, 0.6) is 0 Å². The first-order valence-corrected chi connectivity index (χ1v) is 4.75. The van der Waals surface area contributed by atoms with Crippen molar-refractivity contribution in [1.82, 2.24) is 20.6 Å². The van der Waals surface area contributed by atoms with Crippen LogP contribution in [-0.2, 0) is 16.1 Å². The van der Waals surface area contributed by atoms with Gasteiger partial charge in [-0.2, -0.15) is 0 Å². The van der Waals surface area contributed by atoms with Gasteiger partial charge in [-0.3, -0.25) is 9.59 Å². The number of rotatable bonds is 4. The van der Waals surface area contributed by atoms with Crippen LogP contribution in [0.25, 0.3) is 0 Å². The Morgan fingerprint density at radius 3 is 2.69 bits per heavy atom. The van der Waals surface area contributed by atoms with Crippen LogP contribution in [-0.4, -0.2) is 34.9 Å². The fourth-order valence-corrected chi connectivity index (χ4v) is 0.940. The highest BCUT2D eigenvalue weighted by Gasteiger charge is 2.11. The van der Waals surface area contributed by atoms with Crippen molar-refractivity contribution in [1.29, 1.82) is 0 Å². The highest BCUT2D eigenvalue weighted by molar-refractivity contribution is 6.35. The molecule has 0 aliphatic heterocycles. The summed E-state index contributed by atoms with van der Waals surface area (Å²) in [4.78, 5) is 30.0. The van der Waals surface area contributed by atoms with Gasteiger partial charge in [-0.25, -0.2) is 9.97 Å². The number of hydrogen-bond acceptors (Lipinski definition) is 5. The Morgan fingerprint density at radius 1 is 1.31 bits per heavy atom. The molecule has 16 heavy (non-hydrogen) atoms. The molecular formula is C9H13N5O2. The second-order valence-electron chi connectivity index (χ2n) is 2.93. The number of nitrogens with zero attached hydrogens (tertiary/aromatic N) is 2. The van der Waals surface area contributed by atoms with E-state index in [4.69, 9.17) is 5.73 Å². The third-order valence-corrected chi connectivity index (χ3v) is 1.71. The van der Waals surface area contributed by atoms with Crippen molar-refractivity contribution in [2.24, 2.45) is 5.73 Å². The summed E-state index contributed by atoms with van der Waals surface area (Å²) >= 11 is 0. The van der Waals surface area contributed by atoms with Gasteiger partial charge < -0.3 is 16.4 Å². The first-order chi connectivity index (χ1) is 7.74. The lowest BCUT2D eigenvalue weighted by Crippen LogP contribution is -2.41. The van der Waals surface area contributed by atoms with Gasteiger partial charge in [0.25, 0.3) is 0 Å². The Labute approximate surface area is 92.5 Å². The normalized spacial score (nSPS) is 9.56. The molecule has 0 aliphatic carbocycles. The molecule has 0 saturated heterocycles. The van der Waals surface area contributed by atoms with Crippen LogP contribution >= 0.6 is 0 Å². The summed E-state index contributed by atoms with van der Waals surface area (Å²) in [5.41, 5.74) is 5.81. The molecule has 1 heterocycles. The number of aromatic nitrogens is 2. The smallest absolute Gasteiger partial charge is 0.309 e. The van der Waals surface area contributed by atoms with Crippen LogP contribution in [0, 0.1) is 0 Å². The van der Waals surface area contributed by atoms with E-state index in [0.717, 1.165) is 0 Å². The van der Waals surface area contributed by atoms with Crippen molar-refractivity contribution in [3.05, 3.63) is 24.3 Å². The van der Waals surface area contributed by atoms with Crippen molar-refractivity contribution in [2.75, 3.05) is 13.1 Å². The van der Waals surface area contributed by atoms with Gasteiger partial charge in [-0.1, -0.05) is 0 Å². The largest absolute Gasteiger partial charge is 0.347 e. The number of carbonyl (C=O) groups is 2. The zero-order valence-corrected chi connectivity index (χ0v) is 8.64. The standard InChI is InChI=1S/C9H13N5O2/c10-2-4-12-8(15)9(16)13-5-7-1-3-11-6-14-7/h1,3,6H,2,4-5,10H2,(H,12,15)(H,13,16). The minimum Gasteiger partial charge on any atom is -0.347 e. The molecule has 0 aliphatic rings. The minimum atomic E-state index is -0.702. The van der Waals surface area contributed by atoms with Crippen molar-refractivity contribution in [2.45, 2.75) is 6.54 Å². The van der Waals surface area contributed by atoms with E-state index in [-0.39, 0.29) is 13.1 Å². The maximum Gasteiger partial charge on any atom is 0.309 e. The molecule has 0 radical (unpaired) electrons. The van der Waals surface area contributed by atoms with E-state index in [1.165, 1.54) is 6.33 Å². The highest BCUT2D eigenvalue weighted by Crippen LogP contribution is 1.89. The second kappa shape index (κ2) is 6.46. The van der Waals surface area contributed by atoms with Gasteiger partial charge in [-0.15, -0.1) is 0 Å². The molecule has 0 atom stereocenters. The van der Waals surface area contributed by atoms with Crippen molar-refractivity contribution < 1.29 is 9.59 Å². The summed E-state index contributed by atoms with van der Waals surface area (Å²) < 4.78 is 0. The van der Waals surface area contributed by atoms with Gasteiger partial charge >= 0.3 is 11.8 Å². The lowest BCUT2D eigenvalue weighted by Gasteiger charge is -2.04. The zero-order chi connectivity index (χ0) is 11.8. The molecule has 0 saturated carbocycles. The maximum absolute atomic E-state index is 11.2. The average molecular weight is 223 g/mol. The Hall–Kier alpha value is -2.02. The van der Waals surface area contributed by atoms with Crippen LogP contribution in [0.2, 0.25) is 0 Å². The molecule has 0 spiro atoms. The van der Waals surface area contributed by atoms with Gasteiger partial charge in [0, 0.05) is 19.3 Å². The van der Waals surface area contributed by atoms with E-state index >= 15 is 0 Å². The molecule has 1 aromatic heterocycles. The molecule has 0 unspecified atom stereocenters. The summed E-state index contributed by atoms with van der Waals surface area (Å²) in [6, 6.07) is 1.65. The Kier molecular flexibility index (Phi) is 4.87. The van der Waals surface area contributed by atoms with Crippen molar-refractivity contribution in [3.63, 3.8) is 0 Å². The predicted octanol–water partition coefficient (Wildman–Crippen LogP) is -1.83. The topological polar surface area (TPSA) is 110 Å². The van der Waals surface area contributed by atoms with Gasteiger partial charge in [0.1, 0.15) is 6.33 Å². The summed E-state index contributed by atoms with van der Waals surface area (Å²) in [7, 11) is 0. The highest BCUT2D eigenvalue weighted by atomic mass is 16.2. The maximum atomic E-state index is 11.2. The third-order valence-electron chi connectivity index (χ3n) is 1.71. The van der Waals surface area contributed by atoms with Crippen molar-refractivity contribution >= 4 is 11.8 Å². The predicted molar refractivity (Wildman–Crippen MR) is 55.9 cm³/mol. The summed E-state index contributed by atoms with van der Waals surface area (Å²) in [6.45, 7) is 0.766. The Balaban J connectivity index is 2.32. The first-order valence-electron chi connectivity index (χ1n) is 4.75. The van der Waals surface area contributed by atoms with Gasteiger partial charge in [0.05, 0.1) is 12.2 Å². The van der Waals surface area contributed by atoms with E-state index < -0.39 is 11.8 Å². The lowest BCUT2D eigenvalue weighted by molar-refractivity contribution is -0.139. The summed E-state index contributed by atoms with van der Waals surface area (Å²) in [6.07, 6.45) is 2.93. The minimum absolute atomic E-state index is 0.192. The van der Waals surface area contributed by atoms with E-state index in [0.29, 0.717) is 12.2 Å². The SMILES string of the molecule is NCCNC(=O)C(=O)NCc1ccncn1. The van der Waals surface area contributed by atoms with Gasteiger partial charge in [-0.05, 0) is 6.07 Å². The van der Waals surface area contributed by atoms with Crippen molar-refractivity contribution in [3.8, 4) is 0 Å². The summed E-state index contributed by atoms with van der Waals surface area (Å²) in [5.74, 6) is -1.40. The van der Waals surface area contributed by atoms with Gasteiger partial charge in [0.15, 0.2) is 0 Å². The lowest BCUT2D eigenvalue weighted by atomic mass is 10.4. The molecule has 2 amide bonds. The molecule has 1 aromatic rings. The molecule has 0 bridgehead atoms. The Morgan fingerprint density at radius 2 is 2.06 bits per heavy atom. The molecule has 0 aromatic carbocycles. The molecule has 4 N–H and O–H groups in total. The number of carbonyl (C=O) groups excluding carboxylic acids is 2. The van der Waals surface area contributed by atoms with E-state index in [9.17, 15) is 9.59 Å². The van der Waals surface area contributed by atoms with E-state index in [1.54, 1.807) is 12.3 Å². The van der Waals surface area contributed by atoms with E-state index in [1.807, 2.05) is 0 Å². The van der Waals surface area contributed by atoms with Gasteiger partial charge in [0.2, 0.25) is 0 Å². The second-order valence-corrected chi connectivity index (χ2v) is 2.93. The quantitative estimate of drug-likeness (QED) is 0.520. The number of amides is 2.